The number of benzene rings is 3. The van der Waals surface area contributed by atoms with Crippen molar-refractivity contribution in [2.75, 3.05) is 43.4 Å². The number of anilines is 3. The van der Waals surface area contributed by atoms with Crippen LogP contribution >= 0.6 is 11.8 Å². The molecule has 3 aromatic rings. The van der Waals surface area contributed by atoms with Gasteiger partial charge in [0.05, 0.1) is 11.4 Å². The van der Waals surface area contributed by atoms with Crippen molar-refractivity contribution in [1.29, 1.82) is 0 Å². The van der Waals surface area contributed by atoms with Gasteiger partial charge in [-0.3, -0.25) is 9.11 Å². The zero-order chi connectivity index (χ0) is 24.3. The molecule has 9 heteroatoms. The quantitative estimate of drug-likeness (QED) is 0.334. The van der Waals surface area contributed by atoms with E-state index in [2.05, 4.69) is 95.8 Å². The summed E-state index contributed by atoms with van der Waals surface area (Å²) in [6.45, 7) is 6.81. The van der Waals surface area contributed by atoms with Gasteiger partial charge in [0.25, 0.3) is 0 Å². The van der Waals surface area contributed by atoms with Gasteiger partial charge in [-0.2, -0.15) is 8.42 Å². The second kappa shape index (κ2) is 10.4. The summed E-state index contributed by atoms with van der Waals surface area (Å²) in [5.74, 6) is 0.366. The van der Waals surface area contributed by atoms with Gasteiger partial charge in [-0.1, -0.05) is 49.0 Å². The number of piperazine rings is 1. The number of para-hydroxylation sites is 1. The fraction of sp³-hybridized carbons (Fsp3) is 0.280. The lowest BCUT2D eigenvalue weighted by atomic mass is 9.92. The third-order valence-electron chi connectivity index (χ3n) is 6.14. The molecule has 2 heterocycles. The monoisotopic (exact) mass is 499 g/mol. The van der Waals surface area contributed by atoms with Crippen LogP contribution in [0, 0.1) is 0 Å². The van der Waals surface area contributed by atoms with Crippen molar-refractivity contribution in [2.45, 2.75) is 22.6 Å². The predicted molar refractivity (Wildman–Crippen MR) is 138 cm³/mol. The second-order valence-electron chi connectivity index (χ2n) is 8.53. The molecule has 34 heavy (non-hydrogen) atoms. The molecule has 1 fully saturated rings. The Bertz CT molecular complexity index is 1230. The Hall–Kier alpha value is -2.56. The lowest BCUT2D eigenvalue weighted by Crippen LogP contribution is -2.44. The van der Waals surface area contributed by atoms with Crippen molar-refractivity contribution in [3.63, 3.8) is 0 Å². The van der Waals surface area contributed by atoms with Crippen LogP contribution in [0.5, 0.6) is 0 Å². The predicted octanol–water partition coefficient (Wildman–Crippen LogP) is 5.15. The van der Waals surface area contributed by atoms with Crippen molar-refractivity contribution in [3.8, 4) is 0 Å². The highest BCUT2D eigenvalue weighted by molar-refractivity contribution is 7.99. The smallest absolute Gasteiger partial charge is 0.369 e. The highest BCUT2D eigenvalue weighted by Crippen LogP contribution is 2.45. The van der Waals surface area contributed by atoms with Crippen molar-refractivity contribution in [1.82, 2.24) is 4.90 Å². The maximum atomic E-state index is 8.74. The van der Waals surface area contributed by atoms with E-state index < -0.39 is 10.4 Å². The van der Waals surface area contributed by atoms with Crippen LogP contribution in [0.25, 0.3) is 0 Å². The Morgan fingerprint density at radius 1 is 0.853 bits per heavy atom. The number of hydrogen-bond donors (Lipinski definition) is 3. The van der Waals surface area contributed by atoms with E-state index >= 15 is 0 Å². The Kier molecular flexibility index (Phi) is 7.49. The molecule has 0 spiro atoms. The summed E-state index contributed by atoms with van der Waals surface area (Å²) in [5, 5.41) is 3.61. The minimum Gasteiger partial charge on any atom is -0.369 e. The fourth-order valence-electron chi connectivity index (χ4n) is 4.16. The number of hydrogen-bond acceptors (Lipinski definition) is 6. The van der Waals surface area contributed by atoms with Crippen LogP contribution in [0.3, 0.4) is 0 Å². The largest absolute Gasteiger partial charge is 0.394 e. The van der Waals surface area contributed by atoms with E-state index in [0.29, 0.717) is 5.92 Å². The molecule has 3 N–H and O–H groups in total. The molecule has 180 valence electrons. The van der Waals surface area contributed by atoms with Gasteiger partial charge in [-0.15, -0.1) is 0 Å². The van der Waals surface area contributed by atoms with Crippen LogP contribution in [0.2, 0.25) is 0 Å². The highest BCUT2D eigenvalue weighted by Gasteiger charge is 2.18. The van der Waals surface area contributed by atoms with Crippen molar-refractivity contribution < 1.29 is 17.5 Å². The Balaban J connectivity index is 0.000000499. The number of likely N-dealkylation sites (N-methyl/N-ethyl adjacent to an activating group) is 1. The van der Waals surface area contributed by atoms with Crippen LogP contribution < -0.4 is 10.2 Å². The minimum atomic E-state index is -4.67. The third kappa shape index (κ3) is 6.31. The van der Waals surface area contributed by atoms with E-state index in [1.54, 1.807) is 0 Å². The zero-order valence-electron chi connectivity index (χ0n) is 19.2. The summed E-state index contributed by atoms with van der Waals surface area (Å²) in [6, 6.07) is 24.6. The Labute approximate surface area is 205 Å². The first-order valence-electron chi connectivity index (χ1n) is 11.1. The van der Waals surface area contributed by atoms with Gasteiger partial charge in [0.1, 0.15) is 0 Å². The van der Waals surface area contributed by atoms with E-state index in [-0.39, 0.29) is 0 Å². The lowest BCUT2D eigenvalue weighted by molar-refractivity contribution is 0.313. The number of nitrogens with zero attached hydrogens (tertiary/aromatic N) is 2. The first-order valence-corrected chi connectivity index (χ1v) is 13.3. The summed E-state index contributed by atoms with van der Waals surface area (Å²) in [4.78, 5) is 7.48. The SMILES string of the molecule is CC(c1ccc(N2CCN(C)CC2)cc1)c1ccc2c(c1)Nc1ccccc1S2.O=S(=O)(O)O. The van der Waals surface area contributed by atoms with Gasteiger partial charge in [0, 0.05) is 47.6 Å². The summed E-state index contributed by atoms with van der Waals surface area (Å²) < 4.78 is 31.6. The first kappa shape index (κ1) is 24.6. The van der Waals surface area contributed by atoms with Crippen LogP contribution in [-0.2, 0) is 10.4 Å². The van der Waals surface area contributed by atoms with Gasteiger partial charge in [0.15, 0.2) is 0 Å². The molecular formula is C25H29N3O4S2. The van der Waals surface area contributed by atoms with Gasteiger partial charge >= 0.3 is 10.4 Å². The molecular weight excluding hydrogens is 470 g/mol. The third-order valence-corrected chi connectivity index (χ3v) is 7.29. The molecule has 3 aromatic carbocycles. The maximum absolute atomic E-state index is 8.74. The molecule has 0 aliphatic carbocycles. The molecule has 2 aliphatic rings. The molecule has 1 saturated heterocycles. The highest BCUT2D eigenvalue weighted by atomic mass is 32.3. The number of fused-ring (bicyclic) bond motifs is 2. The average Bonchev–Trinajstić information content (AvgIpc) is 2.81. The van der Waals surface area contributed by atoms with Crippen molar-refractivity contribution in [3.05, 3.63) is 77.9 Å². The van der Waals surface area contributed by atoms with E-state index in [1.807, 2.05) is 11.8 Å². The number of rotatable bonds is 3. The maximum Gasteiger partial charge on any atom is 0.394 e. The van der Waals surface area contributed by atoms with Crippen LogP contribution in [0.15, 0.2) is 76.5 Å². The topological polar surface area (TPSA) is 93.1 Å². The molecule has 1 unspecified atom stereocenters. The van der Waals surface area contributed by atoms with Crippen LogP contribution in [0.1, 0.15) is 24.0 Å². The molecule has 1 atom stereocenters. The summed E-state index contributed by atoms with van der Waals surface area (Å²) in [6.07, 6.45) is 0. The molecule has 0 radical (unpaired) electrons. The Morgan fingerprint density at radius 2 is 1.44 bits per heavy atom. The van der Waals surface area contributed by atoms with E-state index in [9.17, 15) is 0 Å². The molecule has 0 saturated carbocycles. The van der Waals surface area contributed by atoms with Gasteiger partial charge in [0.2, 0.25) is 0 Å². The summed E-state index contributed by atoms with van der Waals surface area (Å²) in [5.41, 5.74) is 6.47. The first-order chi connectivity index (χ1) is 16.2. The van der Waals surface area contributed by atoms with Crippen molar-refractivity contribution >= 4 is 39.2 Å². The van der Waals surface area contributed by atoms with Crippen LogP contribution in [0.4, 0.5) is 17.1 Å². The lowest BCUT2D eigenvalue weighted by Gasteiger charge is -2.34. The molecule has 2 aliphatic heterocycles. The zero-order valence-corrected chi connectivity index (χ0v) is 20.8. The normalized spacial score (nSPS) is 16.4. The van der Waals surface area contributed by atoms with Crippen LogP contribution in [-0.4, -0.2) is 55.6 Å². The van der Waals surface area contributed by atoms with Gasteiger partial charge < -0.3 is 15.1 Å². The van der Waals surface area contributed by atoms with Gasteiger partial charge in [-0.05, 0) is 54.6 Å². The van der Waals surface area contributed by atoms with Gasteiger partial charge in [-0.25, -0.2) is 0 Å². The molecule has 0 aromatic heterocycles. The standard InChI is InChI=1S/C25H27N3S.H2O4S/c1-18(19-7-10-21(11-8-19)28-15-13-27(2)14-16-28)20-9-12-25-23(17-20)26-22-5-3-4-6-24(22)29-25;1-5(2,3)4/h3-12,17-18,26H,13-16H2,1-2H3;(H2,1,2,3,4). The summed E-state index contributed by atoms with van der Waals surface area (Å²) in [7, 11) is -2.47. The van der Waals surface area contributed by atoms with Crippen molar-refractivity contribution in [2.24, 2.45) is 0 Å². The second-order valence-corrected chi connectivity index (χ2v) is 10.5. The average molecular weight is 500 g/mol. The number of nitrogens with one attached hydrogen (secondary N) is 1. The molecule has 0 bridgehead atoms. The molecule has 7 nitrogen and oxygen atoms in total. The molecule has 0 amide bonds. The molecule has 5 rings (SSSR count). The van der Waals surface area contributed by atoms with E-state index in [4.69, 9.17) is 17.5 Å². The minimum absolute atomic E-state index is 0.366. The van der Waals surface area contributed by atoms with E-state index in [0.717, 1.165) is 26.2 Å². The fourth-order valence-corrected chi connectivity index (χ4v) is 5.13. The van der Waals surface area contributed by atoms with E-state index in [1.165, 1.54) is 38.0 Å². The Morgan fingerprint density at radius 3 is 2.12 bits per heavy atom. The summed E-state index contributed by atoms with van der Waals surface area (Å²) >= 11 is 1.85.